The lowest BCUT2D eigenvalue weighted by atomic mass is 10.0. The lowest BCUT2D eigenvalue weighted by Gasteiger charge is -2.10. The first-order valence-electron chi connectivity index (χ1n) is 10.2. The number of rotatable bonds is 5. The maximum absolute atomic E-state index is 12.4. The number of urea groups is 2. The molecule has 0 aliphatic rings. The molecule has 32 heavy (non-hydrogen) atoms. The molecule has 0 aliphatic carbocycles. The molecular formula is C24H23N5O2S. The van der Waals surface area contributed by atoms with E-state index in [1.807, 2.05) is 80.6 Å². The van der Waals surface area contributed by atoms with Gasteiger partial charge >= 0.3 is 12.1 Å². The van der Waals surface area contributed by atoms with E-state index in [0.29, 0.717) is 17.4 Å². The Bertz CT molecular complexity index is 1280. The number of carbonyl (C=O) groups excluding carboxylic acids is 2. The van der Waals surface area contributed by atoms with E-state index in [-0.39, 0.29) is 12.1 Å². The Kier molecular flexibility index (Phi) is 6.32. The molecule has 3 aromatic carbocycles. The molecule has 1 aromatic heterocycles. The van der Waals surface area contributed by atoms with Gasteiger partial charge in [0, 0.05) is 17.9 Å². The highest BCUT2D eigenvalue weighted by molar-refractivity contribution is 7.22. The fourth-order valence-corrected chi connectivity index (χ4v) is 4.15. The second-order valence-corrected chi connectivity index (χ2v) is 8.25. The molecule has 0 fully saturated rings. The van der Waals surface area contributed by atoms with Crippen molar-refractivity contribution in [2.75, 3.05) is 22.5 Å². The van der Waals surface area contributed by atoms with Crippen molar-refractivity contribution in [3.63, 3.8) is 0 Å². The summed E-state index contributed by atoms with van der Waals surface area (Å²) in [6.07, 6.45) is 0. The molecule has 162 valence electrons. The van der Waals surface area contributed by atoms with Crippen LogP contribution in [0.25, 0.3) is 21.3 Å². The van der Waals surface area contributed by atoms with E-state index >= 15 is 0 Å². The molecule has 7 nitrogen and oxygen atoms in total. The van der Waals surface area contributed by atoms with E-state index in [0.717, 1.165) is 32.6 Å². The van der Waals surface area contributed by atoms with Crippen molar-refractivity contribution in [2.24, 2.45) is 0 Å². The number of aromatic nitrogens is 1. The molecule has 4 aromatic rings. The molecule has 4 rings (SSSR count). The normalized spacial score (nSPS) is 10.6. The van der Waals surface area contributed by atoms with Crippen molar-refractivity contribution >= 4 is 50.1 Å². The van der Waals surface area contributed by atoms with Crippen molar-refractivity contribution in [3.05, 3.63) is 72.3 Å². The molecular weight excluding hydrogens is 422 g/mol. The molecule has 0 radical (unpaired) electrons. The lowest BCUT2D eigenvalue weighted by Crippen LogP contribution is -2.28. The summed E-state index contributed by atoms with van der Waals surface area (Å²) in [5, 5.41) is 11.7. The highest BCUT2D eigenvalue weighted by Gasteiger charge is 2.09. The van der Waals surface area contributed by atoms with Gasteiger partial charge in [-0.3, -0.25) is 5.32 Å². The van der Waals surface area contributed by atoms with Crippen LogP contribution in [0.2, 0.25) is 0 Å². The molecule has 4 amide bonds. The van der Waals surface area contributed by atoms with E-state index in [2.05, 4.69) is 26.3 Å². The third-order valence-electron chi connectivity index (χ3n) is 4.68. The zero-order valence-corrected chi connectivity index (χ0v) is 18.5. The fourth-order valence-electron chi connectivity index (χ4n) is 3.25. The first-order valence-corrected chi connectivity index (χ1v) is 11.0. The van der Waals surface area contributed by atoms with Crippen molar-refractivity contribution in [2.45, 2.75) is 13.8 Å². The standard InChI is InChI=1S/C24H23N5O2S/c1-3-25-22(30)29-24-28-20-11-10-17(14-21(20)32-24)16-7-5-9-19(13-16)27-23(31)26-18-8-4-6-15(2)12-18/h4-14H,3H2,1-2H3,(H2,26,27,31)(H2,25,28,29,30). The number of nitrogens with one attached hydrogen (secondary N) is 4. The molecule has 0 atom stereocenters. The SMILES string of the molecule is CCNC(=O)Nc1nc2ccc(-c3cccc(NC(=O)Nc4cccc(C)c4)c3)cc2s1. The van der Waals surface area contributed by atoms with E-state index < -0.39 is 0 Å². The van der Waals surface area contributed by atoms with Gasteiger partial charge in [0.1, 0.15) is 0 Å². The van der Waals surface area contributed by atoms with Gasteiger partial charge in [-0.25, -0.2) is 14.6 Å². The van der Waals surface area contributed by atoms with Gasteiger partial charge in [0.05, 0.1) is 10.2 Å². The minimum absolute atomic E-state index is 0.269. The zero-order chi connectivity index (χ0) is 22.5. The van der Waals surface area contributed by atoms with Crippen LogP contribution in [0.4, 0.5) is 26.1 Å². The van der Waals surface area contributed by atoms with Gasteiger partial charge in [-0.2, -0.15) is 0 Å². The number of benzene rings is 3. The number of nitrogens with zero attached hydrogens (tertiary/aromatic N) is 1. The highest BCUT2D eigenvalue weighted by Crippen LogP contribution is 2.31. The first-order chi connectivity index (χ1) is 15.5. The van der Waals surface area contributed by atoms with Crippen LogP contribution in [-0.2, 0) is 0 Å². The number of fused-ring (bicyclic) bond motifs is 1. The monoisotopic (exact) mass is 445 g/mol. The Morgan fingerprint density at radius 3 is 2.31 bits per heavy atom. The van der Waals surface area contributed by atoms with Crippen molar-refractivity contribution in [1.82, 2.24) is 10.3 Å². The van der Waals surface area contributed by atoms with Crippen molar-refractivity contribution < 1.29 is 9.59 Å². The Morgan fingerprint density at radius 2 is 1.56 bits per heavy atom. The summed E-state index contributed by atoms with van der Waals surface area (Å²) >= 11 is 1.41. The number of aryl methyl sites for hydroxylation is 1. The van der Waals surface area contributed by atoms with Crippen LogP contribution in [0.5, 0.6) is 0 Å². The average molecular weight is 446 g/mol. The van der Waals surface area contributed by atoms with Gasteiger partial charge in [-0.1, -0.05) is 41.7 Å². The van der Waals surface area contributed by atoms with Gasteiger partial charge in [-0.15, -0.1) is 0 Å². The van der Waals surface area contributed by atoms with Gasteiger partial charge < -0.3 is 16.0 Å². The average Bonchev–Trinajstić information content (AvgIpc) is 3.15. The van der Waals surface area contributed by atoms with Gasteiger partial charge in [0.15, 0.2) is 5.13 Å². The maximum Gasteiger partial charge on any atom is 0.323 e. The molecule has 0 saturated heterocycles. The largest absolute Gasteiger partial charge is 0.338 e. The van der Waals surface area contributed by atoms with Crippen LogP contribution in [0.1, 0.15) is 12.5 Å². The van der Waals surface area contributed by atoms with Crippen LogP contribution in [0.15, 0.2) is 66.7 Å². The summed E-state index contributed by atoms with van der Waals surface area (Å²) in [7, 11) is 0. The molecule has 0 bridgehead atoms. The molecule has 0 saturated carbocycles. The zero-order valence-electron chi connectivity index (χ0n) is 17.7. The van der Waals surface area contributed by atoms with E-state index in [1.165, 1.54) is 11.3 Å². The quantitative estimate of drug-likeness (QED) is 0.301. The van der Waals surface area contributed by atoms with Gasteiger partial charge in [0.25, 0.3) is 0 Å². The minimum Gasteiger partial charge on any atom is -0.338 e. The van der Waals surface area contributed by atoms with E-state index in [9.17, 15) is 9.59 Å². The minimum atomic E-state index is -0.299. The van der Waals surface area contributed by atoms with Crippen LogP contribution >= 0.6 is 11.3 Å². The van der Waals surface area contributed by atoms with Crippen LogP contribution in [-0.4, -0.2) is 23.6 Å². The maximum atomic E-state index is 12.4. The Labute approximate surface area is 189 Å². The number of amides is 4. The van der Waals surface area contributed by atoms with Gasteiger partial charge in [0.2, 0.25) is 0 Å². The third kappa shape index (κ3) is 5.22. The third-order valence-corrected chi connectivity index (χ3v) is 5.61. The number of anilines is 3. The predicted molar refractivity (Wildman–Crippen MR) is 132 cm³/mol. The van der Waals surface area contributed by atoms with E-state index in [1.54, 1.807) is 0 Å². The number of hydrogen-bond donors (Lipinski definition) is 4. The van der Waals surface area contributed by atoms with Gasteiger partial charge in [-0.05, 0) is 66.9 Å². The number of hydrogen-bond acceptors (Lipinski definition) is 4. The second-order valence-electron chi connectivity index (χ2n) is 7.22. The molecule has 8 heteroatoms. The second kappa shape index (κ2) is 9.49. The Balaban J connectivity index is 1.49. The molecule has 0 aliphatic heterocycles. The highest BCUT2D eigenvalue weighted by atomic mass is 32.1. The molecule has 1 heterocycles. The molecule has 4 N–H and O–H groups in total. The van der Waals surface area contributed by atoms with Crippen LogP contribution in [0.3, 0.4) is 0 Å². The topological polar surface area (TPSA) is 95.2 Å². The summed E-state index contributed by atoms with van der Waals surface area (Å²) in [6.45, 7) is 4.39. The Morgan fingerprint density at radius 1 is 0.844 bits per heavy atom. The lowest BCUT2D eigenvalue weighted by molar-refractivity contribution is 0.252. The van der Waals surface area contributed by atoms with E-state index in [4.69, 9.17) is 0 Å². The first kappa shape index (κ1) is 21.3. The van der Waals surface area contributed by atoms with Crippen LogP contribution < -0.4 is 21.3 Å². The fraction of sp³-hybridized carbons (Fsp3) is 0.125. The summed E-state index contributed by atoms with van der Waals surface area (Å²) in [5.74, 6) is 0. The molecule has 0 unspecified atom stereocenters. The van der Waals surface area contributed by atoms with Crippen LogP contribution in [0, 0.1) is 6.92 Å². The predicted octanol–water partition coefficient (Wildman–Crippen LogP) is 6.06. The summed E-state index contributed by atoms with van der Waals surface area (Å²) in [5.41, 5.74) is 5.28. The summed E-state index contributed by atoms with van der Waals surface area (Å²) < 4.78 is 0.963. The van der Waals surface area contributed by atoms with Crippen molar-refractivity contribution in [1.29, 1.82) is 0 Å². The van der Waals surface area contributed by atoms with Crippen molar-refractivity contribution in [3.8, 4) is 11.1 Å². The molecule has 0 spiro atoms. The Hall–Kier alpha value is -3.91. The summed E-state index contributed by atoms with van der Waals surface area (Å²) in [6, 6.07) is 20.7. The number of thiazole rings is 1. The summed E-state index contributed by atoms with van der Waals surface area (Å²) in [4.78, 5) is 28.6. The number of carbonyl (C=O) groups is 2. The smallest absolute Gasteiger partial charge is 0.323 e.